The molecule has 15 heavy (non-hydrogen) atoms. The molecule has 2 aliphatic heterocycles. The van der Waals surface area contributed by atoms with Crippen molar-refractivity contribution in [3.05, 3.63) is 23.8 Å². The average molecular weight is 205 g/mol. The highest BCUT2D eigenvalue weighted by Crippen LogP contribution is 2.45. The number of hydrogen-bond donors (Lipinski definition) is 1. The number of hydrogen-bond acceptors (Lipinski definition) is 3. The first-order valence-electron chi connectivity index (χ1n) is 4.92. The van der Waals surface area contributed by atoms with Gasteiger partial charge in [0, 0.05) is 12.1 Å². The Balaban J connectivity index is 2.11. The van der Waals surface area contributed by atoms with Gasteiger partial charge >= 0.3 is 0 Å². The van der Waals surface area contributed by atoms with E-state index in [0.717, 1.165) is 17.1 Å². The Morgan fingerprint density at radius 2 is 2.40 bits per heavy atom. The topological polar surface area (TPSA) is 47.6 Å². The smallest absolute Gasteiger partial charge is 0.261 e. The van der Waals surface area contributed by atoms with Gasteiger partial charge in [0.05, 0.1) is 13.0 Å². The Hall–Kier alpha value is -1.71. The molecule has 0 aromatic heterocycles. The molecule has 1 amide bonds. The van der Waals surface area contributed by atoms with Gasteiger partial charge in [-0.2, -0.15) is 0 Å². The summed E-state index contributed by atoms with van der Waals surface area (Å²) < 4.78 is 10.9. The predicted octanol–water partition coefficient (Wildman–Crippen LogP) is 0.670. The van der Waals surface area contributed by atoms with E-state index in [1.807, 2.05) is 18.2 Å². The van der Waals surface area contributed by atoms with Gasteiger partial charge < -0.3 is 14.8 Å². The largest absolute Gasteiger partial charge is 0.496 e. The van der Waals surface area contributed by atoms with Crippen molar-refractivity contribution < 1.29 is 14.3 Å². The van der Waals surface area contributed by atoms with Crippen molar-refractivity contribution >= 4 is 5.91 Å². The van der Waals surface area contributed by atoms with Crippen molar-refractivity contribution in [2.45, 2.75) is 12.0 Å². The van der Waals surface area contributed by atoms with Crippen LogP contribution in [0.5, 0.6) is 11.5 Å². The third kappa shape index (κ3) is 1.04. The zero-order valence-corrected chi connectivity index (χ0v) is 8.32. The minimum atomic E-state index is -0.365. The van der Waals surface area contributed by atoms with Crippen molar-refractivity contribution in [3.8, 4) is 11.5 Å². The molecule has 3 rings (SSSR count). The molecule has 0 spiro atoms. The van der Waals surface area contributed by atoms with Crippen molar-refractivity contribution in [2.24, 2.45) is 0 Å². The van der Waals surface area contributed by atoms with Crippen molar-refractivity contribution in [1.82, 2.24) is 5.32 Å². The summed E-state index contributed by atoms with van der Waals surface area (Å²) in [6.07, 6.45) is -0.365. The number of benzene rings is 1. The third-order valence-electron chi connectivity index (χ3n) is 2.99. The fraction of sp³-hybridized carbons (Fsp3) is 0.364. The van der Waals surface area contributed by atoms with Crippen LogP contribution in [0.2, 0.25) is 0 Å². The molecule has 1 saturated heterocycles. The fourth-order valence-electron chi connectivity index (χ4n) is 2.30. The summed E-state index contributed by atoms with van der Waals surface area (Å²) in [6, 6.07) is 5.65. The number of carbonyl (C=O) groups excluding carboxylic acids is 1. The molecular formula is C11H11NO3. The van der Waals surface area contributed by atoms with Gasteiger partial charge in [-0.15, -0.1) is 0 Å². The minimum Gasteiger partial charge on any atom is -0.496 e. The Bertz CT molecular complexity index is 430. The second kappa shape index (κ2) is 2.89. The van der Waals surface area contributed by atoms with Crippen LogP contribution in [0.25, 0.3) is 0 Å². The van der Waals surface area contributed by atoms with Crippen LogP contribution < -0.4 is 14.8 Å². The monoisotopic (exact) mass is 205 g/mol. The van der Waals surface area contributed by atoms with Crippen LogP contribution in [0.3, 0.4) is 0 Å². The maximum absolute atomic E-state index is 11.4. The Labute approximate surface area is 87.2 Å². The zero-order chi connectivity index (χ0) is 10.4. The van der Waals surface area contributed by atoms with Gasteiger partial charge in [0.15, 0.2) is 6.10 Å². The lowest BCUT2D eigenvalue weighted by Gasteiger charge is -2.08. The van der Waals surface area contributed by atoms with Gasteiger partial charge in [-0.3, -0.25) is 4.79 Å². The molecular weight excluding hydrogens is 194 g/mol. The summed E-state index contributed by atoms with van der Waals surface area (Å²) in [5, 5.41) is 2.79. The number of amides is 1. The van der Waals surface area contributed by atoms with E-state index in [1.165, 1.54) is 0 Å². The first-order valence-corrected chi connectivity index (χ1v) is 4.92. The molecule has 0 aliphatic carbocycles. The van der Waals surface area contributed by atoms with Crippen molar-refractivity contribution in [2.75, 3.05) is 13.7 Å². The molecule has 2 atom stereocenters. The molecule has 2 heterocycles. The van der Waals surface area contributed by atoms with Crippen LogP contribution >= 0.6 is 0 Å². The Morgan fingerprint density at radius 3 is 3.20 bits per heavy atom. The second-order valence-electron chi connectivity index (χ2n) is 3.76. The zero-order valence-electron chi connectivity index (χ0n) is 8.32. The molecule has 1 aromatic rings. The normalized spacial score (nSPS) is 26.6. The van der Waals surface area contributed by atoms with Gasteiger partial charge in [-0.1, -0.05) is 6.07 Å². The van der Waals surface area contributed by atoms with Crippen LogP contribution in [-0.4, -0.2) is 25.7 Å². The molecule has 1 N–H and O–H groups in total. The fourth-order valence-corrected chi connectivity index (χ4v) is 2.30. The summed E-state index contributed by atoms with van der Waals surface area (Å²) in [5.41, 5.74) is 1.02. The highest BCUT2D eigenvalue weighted by atomic mass is 16.5. The Morgan fingerprint density at radius 1 is 1.53 bits per heavy atom. The summed E-state index contributed by atoms with van der Waals surface area (Å²) in [7, 11) is 1.63. The predicted molar refractivity (Wildman–Crippen MR) is 53.2 cm³/mol. The van der Waals surface area contributed by atoms with Crippen LogP contribution in [0.15, 0.2) is 18.2 Å². The van der Waals surface area contributed by atoms with E-state index in [1.54, 1.807) is 7.11 Å². The van der Waals surface area contributed by atoms with E-state index in [2.05, 4.69) is 5.32 Å². The number of methoxy groups -OCH3 is 1. The Kier molecular flexibility index (Phi) is 1.65. The molecule has 1 fully saturated rings. The third-order valence-corrected chi connectivity index (χ3v) is 2.99. The summed E-state index contributed by atoms with van der Waals surface area (Å²) in [4.78, 5) is 11.4. The number of nitrogens with one attached hydrogen (secondary N) is 1. The lowest BCUT2D eigenvalue weighted by Crippen LogP contribution is -2.26. The quantitative estimate of drug-likeness (QED) is 0.733. The van der Waals surface area contributed by atoms with Crippen LogP contribution in [0.1, 0.15) is 11.5 Å². The second-order valence-corrected chi connectivity index (χ2v) is 3.76. The minimum absolute atomic E-state index is 0.0294. The van der Waals surface area contributed by atoms with E-state index >= 15 is 0 Å². The van der Waals surface area contributed by atoms with Gasteiger partial charge in [0.25, 0.3) is 5.91 Å². The first kappa shape index (κ1) is 8.59. The standard InChI is InChI=1S/C11H11NO3/c1-14-7-3-2-4-8-9(7)6-5-12-11(13)10(6)15-8/h2-4,6,10H,5H2,1H3,(H,12,13)/t6-,10-/m1/s1. The maximum Gasteiger partial charge on any atom is 0.261 e. The average Bonchev–Trinajstić information content (AvgIpc) is 2.78. The van der Waals surface area contributed by atoms with Gasteiger partial charge in [0.1, 0.15) is 11.5 Å². The molecule has 4 heteroatoms. The number of carbonyl (C=O) groups is 1. The molecule has 78 valence electrons. The SMILES string of the molecule is COc1cccc2c1[C@H]1CNC(=O)[C@@H]1O2. The maximum atomic E-state index is 11.4. The lowest BCUT2D eigenvalue weighted by atomic mass is 9.97. The molecule has 0 bridgehead atoms. The van der Waals surface area contributed by atoms with Crippen LogP contribution in [-0.2, 0) is 4.79 Å². The lowest BCUT2D eigenvalue weighted by molar-refractivity contribution is -0.124. The number of ether oxygens (including phenoxy) is 2. The van der Waals surface area contributed by atoms with E-state index < -0.39 is 0 Å². The number of fused-ring (bicyclic) bond motifs is 3. The van der Waals surface area contributed by atoms with E-state index in [-0.39, 0.29) is 17.9 Å². The van der Waals surface area contributed by atoms with E-state index in [9.17, 15) is 4.79 Å². The van der Waals surface area contributed by atoms with Gasteiger partial charge in [-0.05, 0) is 12.1 Å². The molecule has 1 aromatic carbocycles. The summed E-state index contributed by atoms with van der Waals surface area (Å²) in [5.74, 6) is 1.65. The highest BCUT2D eigenvalue weighted by molar-refractivity contribution is 5.86. The van der Waals surface area contributed by atoms with Crippen LogP contribution in [0.4, 0.5) is 0 Å². The van der Waals surface area contributed by atoms with E-state index in [4.69, 9.17) is 9.47 Å². The molecule has 4 nitrogen and oxygen atoms in total. The summed E-state index contributed by atoms with van der Waals surface area (Å²) >= 11 is 0. The van der Waals surface area contributed by atoms with Crippen molar-refractivity contribution in [1.29, 1.82) is 0 Å². The molecule has 0 saturated carbocycles. The molecule has 0 radical (unpaired) electrons. The molecule has 2 aliphatic rings. The van der Waals surface area contributed by atoms with Gasteiger partial charge in [0.2, 0.25) is 0 Å². The van der Waals surface area contributed by atoms with Crippen LogP contribution in [0, 0.1) is 0 Å². The first-order chi connectivity index (χ1) is 7.31. The van der Waals surface area contributed by atoms with E-state index in [0.29, 0.717) is 6.54 Å². The van der Waals surface area contributed by atoms with Gasteiger partial charge in [-0.25, -0.2) is 0 Å². The number of rotatable bonds is 1. The van der Waals surface area contributed by atoms with Crippen molar-refractivity contribution in [3.63, 3.8) is 0 Å². The molecule has 0 unspecified atom stereocenters. The highest BCUT2D eigenvalue weighted by Gasteiger charge is 2.45. The summed E-state index contributed by atoms with van der Waals surface area (Å²) in [6.45, 7) is 0.636.